The predicted octanol–water partition coefficient (Wildman–Crippen LogP) is 2.59. The Kier molecular flexibility index (Phi) is 2.87. The molecule has 2 heteroatoms. The number of pyridine rings is 1. The first kappa shape index (κ1) is 11.0. The summed E-state index contributed by atoms with van der Waals surface area (Å²) in [5.74, 6) is 3.87. The number of hydrogen-bond donors (Lipinski definition) is 0. The fraction of sp³-hybridized carbons (Fsp3) is 0.500. The number of nitrogens with zero attached hydrogens (tertiary/aromatic N) is 2. The molecule has 1 saturated heterocycles. The second kappa shape index (κ2) is 4.17. The minimum atomic E-state index is -0.226. The number of rotatable bonds is 2. The summed E-state index contributed by atoms with van der Waals surface area (Å²) in [6.07, 6.45) is 9.97. The van der Waals surface area contributed by atoms with Gasteiger partial charge in [0.2, 0.25) is 0 Å². The van der Waals surface area contributed by atoms with Gasteiger partial charge in [-0.05, 0) is 38.3 Å². The smallest absolute Gasteiger partial charge is 0.128 e. The van der Waals surface area contributed by atoms with Crippen LogP contribution in [0.2, 0.25) is 0 Å². The van der Waals surface area contributed by atoms with Gasteiger partial charge in [0.25, 0.3) is 0 Å². The topological polar surface area (TPSA) is 16.1 Å². The van der Waals surface area contributed by atoms with Gasteiger partial charge in [-0.2, -0.15) is 0 Å². The maximum absolute atomic E-state index is 5.51. The summed E-state index contributed by atoms with van der Waals surface area (Å²) in [7, 11) is 0. The molecule has 2 nitrogen and oxygen atoms in total. The predicted molar refractivity (Wildman–Crippen MR) is 67.5 cm³/mol. The molecule has 2 heterocycles. The van der Waals surface area contributed by atoms with Crippen LogP contribution in [-0.4, -0.2) is 18.1 Å². The molecule has 84 valence electrons. The Morgan fingerprint density at radius 3 is 2.50 bits per heavy atom. The van der Waals surface area contributed by atoms with E-state index in [1.165, 1.54) is 12.8 Å². The van der Waals surface area contributed by atoms with Gasteiger partial charge in [0.05, 0.1) is 5.41 Å². The largest absolute Gasteiger partial charge is 0.357 e. The Morgan fingerprint density at radius 1 is 1.31 bits per heavy atom. The number of terminal acetylenes is 1. The molecule has 1 aromatic rings. The van der Waals surface area contributed by atoms with Gasteiger partial charge in [0.15, 0.2) is 0 Å². The molecular formula is C14H18N2. The molecule has 0 radical (unpaired) electrons. The Bertz CT molecular complexity index is 392. The SMILES string of the molecule is C#CC(C)(C)c1ccc(N2CCCC2)nc1. The van der Waals surface area contributed by atoms with Gasteiger partial charge in [-0.1, -0.05) is 12.0 Å². The number of hydrogen-bond acceptors (Lipinski definition) is 2. The Labute approximate surface area is 97.7 Å². The summed E-state index contributed by atoms with van der Waals surface area (Å²) in [5.41, 5.74) is 0.884. The van der Waals surface area contributed by atoms with Crippen molar-refractivity contribution in [2.75, 3.05) is 18.0 Å². The van der Waals surface area contributed by atoms with Crippen molar-refractivity contribution in [2.45, 2.75) is 32.1 Å². The van der Waals surface area contributed by atoms with Crippen molar-refractivity contribution < 1.29 is 0 Å². The normalized spacial score (nSPS) is 16.2. The van der Waals surface area contributed by atoms with E-state index in [1.54, 1.807) is 0 Å². The number of anilines is 1. The van der Waals surface area contributed by atoms with Gasteiger partial charge >= 0.3 is 0 Å². The van der Waals surface area contributed by atoms with E-state index in [9.17, 15) is 0 Å². The first-order valence-electron chi connectivity index (χ1n) is 5.83. The van der Waals surface area contributed by atoms with Crippen LogP contribution >= 0.6 is 0 Å². The van der Waals surface area contributed by atoms with Crippen LogP contribution in [0.4, 0.5) is 5.82 Å². The van der Waals surface area contributed by atoms with Crippen molar-refractivity contribution in [3.8, 4) is 12.3 Å². The molecule has 0 bridgehead atoms. The maximum atomic E-state index is 5.51. The summed E-state index contributed by atoms with van der Waals surface area (Å²) in [4.78, 5) is 6.83. The molecule has 0 atom stereocenters. The fourth-order valence-corrected chi connectivity index (χ4v) is 1.97. The summed E-state index contributed by atoms with van der Waals surface area (Å²) >= 11 is 0. The van der Waals surface area contributed by atoms with E-state index in [4.69, 9.17) is 6.42 Å². The molecule has 0 aromatic carbocycles. The third-order valence-electron chi connectivity index (χ3n) is 3.26. The second-order valence-electron chi connectivity index (χ2n) is 4.87. The molecule has 0 spiro atoms. The zero-order valence-electron chi connectivity index (χ0n) is 10.0. The first-order valence-corrected chi connectivity index (χ1v) is 5.83. The molecule has 0 saturated carbocycles. The van der Waals surface area contributed by atoms with E-state index in [0.29, 0.717) is 0 Å². The Balaban J connectivity index is 2.20. The van der Waals surface area contributed by atoms with Crippen LogP contribution in [0.3, 0.4) is 0 Å². The van der Waals surface area contributed by atoms with E-state index in [0.717, 1.165) is 24.5 Å². The van der Waals surface area contributed by atoms with Crippen molar-refractivity contribution in [2.24, 2.45) is 0 Å². The van der Waals surface area contributed by atoms with E-state index in [-0.39, 0.29) is 5.41 Å². The van der Waals surface area contributed by atoms with Crippen molar-refractivity contribution in [3.63, 3.8) is 0 Å². The van der Waals surface area contributed by atoms with E-state index in [2.05, 4.69) is 27.9 Å². The lowest BCUT2D eigenvalue weighted by atomic mass is 9.87. The van der Waals surface area contributed by atoms with Crippen LogP contribution in [0.15, 0.2) is 18.3 Å². The van der Waals surface area contributed by atoms with Crippen LogP contribution in [-0.2, 0) is 5.41 Å². The highest BCUT2D eigenvalue weighted by Gasteiger charge is 2.19. The molecule has 1 aromatic heterocycles. The Morgan fingerprint density at radius 2 is 2.00 bits per heavy atom. The second-order valence-corrected chi connectivity index (χ2v) is 4.87. The molecule has 1 aliphatic rings. The fourth-order valence-electron chi connectivity index (χ4n) is 1.97. The quantitative estimate of drug-likeness (QED) is 0.703. The molecule has 1 fully saturated rings. The zero-order chi connectivity index (χ0) is 11.6. The summed E-state index contributed by atoms with van der Waals surface area (Å²) in [6.45, 7) is 6.34. The highest BCUT2D eigenvalue weighted by Crippen LogP contribution is 2.24. The van der Waals surface area contributed by atoms with Crippen LogP contribution < -0.4 is 4.90 Å². The average molecular weight is 214 g/mol. The van der Waals surface area contributed by atoms with E-state index in [1.807, 2.05) is 20.0 Å². The van der Waals surface area contributed by atoms with Gasteiger partial charge in [0.1, 0.15) is 5.82 Å². The zero-order valence-corrected chi connectivity index (χ0v) is 10.0. The molecule has 0 unspecified atom stereocenters. The number of aromatic nitrogens is 1. The molecular weight excluding hydrogens is 196 g/mol. The molecule has 2 rings (SSSR count). The standard InChI is InChI=1S/C14H18N2/c1-4-14(2,3)12-7-8-13(15-11-12)16-9-5-6-10-16/h1,7-8,11H,5-6,9-10H2,2-3H3. The Hall–Kier alpha value is -1.49. The lowest BCUT2D eigenvalue weighted by Gasteiger charge is -2.20. The van der Waals surface area contributed by atoms with Gasteiger partial charge in [-0.25, -0.2) is 4.98 Å². The van der Waals surface area contributed by atoms with Crippen molar-refractivity contribution in [1.29, 1.82) is 0 Å². The molecule has 0 aliphatic carbocycles. The minimum Gasteiger partial charge on any atom is -0.357 e. The summed E-state index contributed by atoms with van der Waals surface area (Å²) < 4.78 is 0. The highest BCUT2D eigenvalue weighted by atomic mass is 15.2. The third-order valence-corrected chi connectivity index (χ3v) is 3.26. The average Bonchev–Trinajstić information content (AvgIpc) is 2.83. The van der Waals surface area contributed by atoms with Crippen molar-refractivity contribution >= 4 is 5.82 Å². The van der Waals surface area contributed by atoms with Crippen molar-refractivity contribution in [3.05, 3.63) is 23.9 Å². The molecule has 1 aliphatic heterocycles. The van der Waals surface area contributed by atoms with Crippen molar-refractivity contribution in [1.82, 2.24) is 4.98 Å². The lowest BCUT2D eigenvalue weighted by molar-refractivity contribution is 0.694. The third kappa shape index (κ3) is 2.04. The summed E-state index contributed by atoms with van der Waals surface area (Å²) in [5, 5.41) is 0. The van der Waals surface area contributed by atoms with Crippen LogP contribution in [0, 0.1) is 12.3 Å². The van der Waals surface area contributed by atoms with Crippen LogP contribution in [0.1, 0.15) is 32.3 Å². The monoisotopic (exact) mass is 214 g/mol. The van der Waals surface area contributed by atoms with Gasteiger partial charge < -0.3 is 4.90 Å². The first-order chi connectivity index (χ1) is 7.63. The molecule has 16 heavy (non-hydrogen) atoms. The maximum Gasteiger partial charge on any atom is 0.128 e. The molecule has 0 N–H and O–H groups in total. The minimum absolute atomic E-state index is 0.226. The van der Waals surface area contributed by atoms with Gasteiger partial charge in [0, 0.05) is 19.3 Å². The highest BCUT2D eigenvalue weighted by molar-refractivity contribution is 5.42. The van der Waals surface area contributed by atoms with Crippen LogP contribution in [0.5, 0.6) is 0 Å². The van der Waals surface area contributed by atoms with E-state index >= 15 is 0 Å². The lowest BCUT2D eigenvalue weighted by Crippen LogP contribution is -2.20. The van der Waals surface area contributed by atoms with E-state index < -0.39 is 0 Å². The summed E-state index contributed by atoms with van der Waals surface area (Å²) in [6, 6.07) is 4.18. The molecule has 0 amide bonds. The van der Waals surface area contributed by atoms with Gasteiger partial charge in [-0.3, -0.25) is 0 Å². The van der Waals surface area contributed by atoms with Gasteiger partial charge in [-0.15, -0.1) is 6.42 Å². The van der Waals surface area contributed by atoms with Crippen LogP contribution in [0.25, 0.3) is 0 Å².